The van der Waals surface area contributed by atoms with Crippen LogP contribution >= 0.6 is 24.0 Å². The Hall–Kier alpha value is 1.24. The van der Waals surface area contributed by atoms with Crippen LogP contribution in [0.15, 0.2) is 0 Å². The van der Waals surface area contributed by atoms with Gasteiger partial charge in [0.25, 0.3) is 0 Å². The number of hydrogen-bond acceptors (Lipinski definition) is 2. The van der Waals surface area contributed by atoms with Crippen molar-refractivity contribution in [1.29, 1.82) is 0 Å². The maximum absolute atomic E-state index is 4.77. The largest absolute Gasteiger partial charge is 1.00 e. The summed E-state index contributed by atoms with van der Waals surface area (Å²) < 4.78 is 0.954. The van der Waals surface area contributed by atoms with E-state index in [2.05, 4.69) is 5.32 Å². The number of rotatable bonds is 0. The second-order valence-corrected chi connectivity index (χ2v) is 2.83. The molecule has 1 aliphatic rings. The molecule has 1 heterocycles. The molecule has 0 aliphatic carbocycles. The van der Waals surface area contributed by atoms with Crippen LogP contribution < -0.4 is 34.9 Å². The summed E-state index contributed by atoms with van der Waals surface area (Å²) in [6.07, 6.45) is 0. The molecular formula is C3H6NNaS2. The third-order valence-corrected chi connectivity index (χ3v) is 1.92. The molecule has 1 fully saturated rings. The first kappa shape index (κ1) is 8.24. The Labute approximate surface area is 76.4 Å². The van der Waals surface area contributed by atoms with Gasteiger partial charge in [0, 0.05) is 12.3 Å². The van der Waals surface area contributed by atoms with E-state index in [1.807, 2.05) is 0 Å². The molecule has 1 aliphatic heterocycles. The Kier molecular flexibility index (Phi) is 4.89. The van der Waals surface area contributed by atoms with Gasteiger partial charge in [-0.2, -0.15) is 0 Å². The van der Waals surface area contributed by atoms with Crippen LogP contribution in [0.3, 0.4) is 0 Å². The molecule has 36 valence electrons. The molecular weight excluding hydrogens is 137 g/mol. The van der Waals surface area contributed by atoms with Gasteiger partial charge in [-0.25, -0.2) is 0 Å². The fraction of sp³-hybridized carbons (Fsp3) is 0.667. The van der Waals surface area contributed by atoms with Crippen LogP contribution in [0.25, 0.3) is 0 Å². The van der Waals surface area contributed by atoms with Crippen LogP contribution in [-0.2, 0) is 0 Å². The first-order valence-corrected chi connectivity index (χ1v) is 3.19. The predicted octanol–water partition coefficient (Wildman–Crippen LogP) is -2.28. The van der Waals surface area contributed by atoms with Crippen molar-refractivity contribution in [2.75, 3.05) is 12.3 Å². The van der Waals surface area contributed by atoms with Crippen molar-refractivity contribution in [2.24, 2.45) is 0 Å². The summed E-state index contributed by atoms with van der Waals surface area (Å²) in [5, 5.41) is 3.01. The Morgan fingerprint density at radius 2 is 2.57 bits per heavy atom. The predicted molar refractivity (Wildman–Crippen MR) is 34.2 cm³/mol. The standard InChI is InChI=1S/C3H5NS2.Na.H/c5-3-4-1-2-6-3;;/h1-2H2,(H,4,5);;/q;+1;-1. The van der Waals surface area contributed by atoms with Gasteiger partial charge < -0.3 is 6.74 Å². The van der Waals surface area contributed by atoms with Gasteiger partial charge in [-0.05, 0) is 0 Å². The summed E-state index contributed by atoms with van der Waals surface area (Å²) in [6, 6.07) is 0. The summed E-state index contributed by atoms with van der Waals surface area (Å²) in [5.74, 6) is 1.15. The third kappa shape index (κ3) is 2.93. The zero-order chi connectivity index (χ0) is 4.41. The van der Waals surface area contributed by atoms with Crippen LogP contribution in [0.4, 0.5) is 0 Å². The minimum Gasteiger partial charge on any atom is -1.00 e. The summed E-state index contributed by atoms with van der Waals surface area (Å²) in [6.45, 7) is 1.06. The molecule has 7 heavy (non-hydrogen) atoms. The monoisotopic (exact) mass is 143 g/mol. The normalized spacial score (nSPS) is 18.0. The van der Waals surface area contributed by atoms with E-state index in [-0.39, 0.29) is 31.0 Å². The Morgan fingerprint density at radius 1 is 1.86 bits per heavy atom. The van der Waals surface area contributed by atoms with Crippen molar-refractivity contribution in [3.8, 4) is 0 Å². The molecule has 0 aromatic carbocycles. The molecule has 1 rings (SSSR count). The van der Waals surface area contributed by atoms with Crippen molar-refractivity contribution in [3.63, 3.8) is 0 Å². The molecule has 0 radical (unpaired) electrons. The van der Waals surface area contributed by atoms with E-state index in [4.69, 9.17) is 12.2 Å². The quantitative estimate of drug-likeness (QED) is 0.303. The van der Waals surface area contributed by atoms with Crippen LogP contribution in [0, 0.1) is 0 Å². The van der Waals surface area contributed by atoms with E-state index in [1.165, 1.54) is 0 Å². The first-order valence-electron chi connectivity index (χ1n) is 1.80. The molecule has 1 saturated heterocycles. The van der Waals surface area contributed by atoms with Gasteiger partial charge in [0.15, 0.2) is 0 Å². The van der Waals surface area contributed by atoms with Gasteiger partial charge in [-0.1, -0.05) is 24.0 Å². The maximum Gasteiger partial charge on any atom is 1.00 e. The van der Waals surface area contributed by atoms with Crippen molar-refractivity contribution in [1.82, 2.24) is 5.32 Å². The van der Waals surface area contributed by atoms with E-state index in [0.29, 0.717) is 0 Å². The van der Waals surface area contributed by atoms with Crippen LogP contribution in [-0.4, -0.2) is 16.6 Å². The Balaban J connectivity index is 0. The van der Waals surface area contributed by atoms with Crippen molar-refractivity contribution >= 4 is 28.3 Å². The summed E-state index contributed by atoms with van der Waals surface area (Å²) in [5.41, 5.74) is 0. The molecule has 4 heteroatoms. The van der Waals surface area contributed by atoms with Gasteiger partial charge in [0.1, 0.15) is 4.32 Å². The minimum atomic E-state index is 0. The van der Waals surface area contributed by atoms with E-state index in [0.717, 1.165) is 16.6 Å². The smallest absolute Gasteiger partial charge is 1.00 e. The summed E-state index contributed by atoms with van der Waals surface area (Å²) in [7, 11) is 0. The Bertz CT molecular complexity index is 71.7. The zero-order valence-electron chi connectivity index (χ0n) is 5.23. The average Bonchev–Trinajstić information content (AvgIpc) is 1.86. The minimum absolute atomic E-state index is 0. The van der Waals surface area contributed by atoms with Gasteiger partial charge in [-0.3, -0.25) is 0 Å². The fourth-order valence-corrected chi connectivity index (χ4v) is 1.29. The van der Waals surface area contributed by atoms with Crippen molar-refractivity contribution < 1.29 is 31.0 Å². The number of thioether (sulfide) groups is 1. The van der Waals surface area contributed by atoms with Gasteiger partial charge >= 0.3 is 29.6 Å². The van der Waals surface area contributed by atoms with Crippen LogP contribution in [0.2, 0.25) is 0 Å². The molecule has 0 bridgehead atoms. The second kappa shape index (κ2) is 4.15. The van der Waals surface area contributed by atoms with Crippen molar-refractivity contribution in [3.05, 3.63) is 0 Å². The van der Waals surface area contributed by atoms with E-state index >= 15 is 0 Å². The molecule has 0 unspecified atom stereocenters. The number of hydrogen-bond donors (Lipinski definition) is 1. The summed E-state index contributed by atoms with van der Waals surface area (Å²) in [4.78, 5) is 0. The maximum atomic E-state index is 4.77. The SMILES string of the molecule is S=C1NCCS1.[H-].[Na+]. The average molecular weight is 143 g/mol. The molecule has 0 spiro atoms. The first-order chi connectivity index (χ1) is 2.89. The molecule has 0 aromatic rings. The van der Waals surface area contributed by atoms with E-state index < -0.39 is 0 Å². The molecule has 0 atom stereocenters. The van der Waals surface area contributed by atoms with Crippen LogP contribution in [0.5, 0.6) is 0 Å². The zero-order valence-corrected chi connectivity index (χ0v) is 7.86. The number of nitrogens with one attached hydrogen (secondary N) is 1. The molecule has 1 N–H and O–H groups in total. The van der Waals surface area contributed by atoms with E-state index in [9.17, 15) is 0 Å². The van der Waals surface area contributed by atoms with Gasteiger partial charge in [0.2, 0.25) is 0 Å². The van der Waals surface area contributed by atoms with Gasteiger partial charge in [-0.15, -0.1) is 0 Å². The fourth-order valence-electron chi connectivity index (χ4n) is 0.348. The van der Waals surface area contributed by atoms with Gasteiger partial charge in [0.05, 0.1) is 0 Å². The van der Waals surface area contributed by atoms with Crippen LogP contribution in [0.1, 0.15) is 1.43 Å². The van der Waals surface area contributed by atoms with Crippen molar-refractivity contribution in [2.45, 2.75) is 0 Å². The molecule has 0 aromatic heterocycles. The Morgan fingerprint density at radius 3 is 2.71 bits per heavy atom. The third-order valence-electron chi connectivity index (χ3n) is 0.605. The van der Waals surface area contributed by atoms with E-state index in [1.54, 1.807) is 11.8 Å². The molecule has 0 amide bonds. The summed E-state index contributed by atoms with van der Waals surface area (Å²) >= 11 is 6.49. The molecule has 1 nitrogen and oxygen atoms in total. The topological polar surface area (TPSA) is 12.0 Å². The molecule has 0 saturated carbocycles. The second-order valence-electron chi connectivity index (χ2n) is 1.06. The number of thiocarbonyl (C=S) groups is 1.